The second-order valence-electron chi connectivity index (χ2n) is 3.88. The molecular formula is C12H15BrN2O3. The van der Waals surface area contributed by atoms with Crippen molar-refractivity contribution in [3.8, 4) is 0 Å². The Morgan fingerprint density at radius 3 is 2.61 bits per heavy atom. The Labute approximate surface area is 114 Å². The Bertz CT molecular complexity index is 463. The largest absolute Gasteiger partial charge is 0.480 e. The summed E-state index contributed by atoms with van der Waals surface area (Å²) in [5, 5.41) is 13.8. The SMILES string of the molecule is CC[C@H](NC(=O)Nc1ccc(C)cc1Br)C(=O)O. The van der Waals surface area contributed by atoms with Gasteiger partial charge >= 0.3 is 12.0 Å². The minimum Gasteiger partial charge on any atom is -0.480 e. The zero-order valence-corrected chi connectivity index (χ0v) is 11.7. The van der Waals surface area contributed by atoms with Gasteiger partial charge in [0.25, 0.3) is 0 Å². The predicted octanol–water partition coefficient (Wildman–Crippen LogP) is 2.74. The molecular weight excluding hydrogens is 300 g/mol. The molecule has 5 nitrogen and oxygen atoms in total. The molecule has 2 amide bonds. The molecule has 3 N–H and O–H groups in total. The van der Waals surface area contributed by atoms with Crippen molar-refractivity contribution >= 4 is 33.6 Å². The minimum atomic E-state index is -1.05. The van der Waals surface area contributed by atoms with Gasteiger partial charge in [-0.2, -0.15) is 0 Å². The highest BCUT2D eigenvalue weighted by atomic mass is 79.9. The van der Waals surface area contributed by atoms with E-state index in [2.05, 4.69) is 26.6 Å². The van der Waals surface area contributed by atoms with Gasteiger partial charge in [0.15, 0.2) is 0 Å². The molecule has 0 aromatic heterocycles. The molecule has 0 saturated heterocycles. The third-order valence-corrected chi connectivity index (χ3v) is 3.04. The van der Waals surface area contributed by atoms with Crippen LogP contribution in [-0.2, 0) is 4.79 Å². The van der Waals surface area contributed by atoms with E-state index in [4.69, 9.17) is 5.11 Å². The van der Waals surface area contributed by atoms with Crippen molar-refractivity contribution in [3.63, 3.8) is 0 Å². The summed E-state index contributed by atoms with van der Waals surface area (Å²) in [6, 6.07) is 4.06. The number of nitrogens with one attached hydrogen (secondary N) is 2. The van der Waals surface area contributed by atoms with E-state index in [-0.39, 0.29) is 0 Å². The van der Waals surface area contributed by atoms with Gasteiger partial charge in [-0.1, -0.05) is 13.0 Å². The zero-order chi connectivity index (χ0) is 13.7. The number of aliphatic carboxylic acids is 1. The molecule has 0 spiro atoms. The van der Waals surface area contributed by atoms with Crippen LogP contribution < -0.4 is 10.6 Å². The van der Waals surface area contributed by atoms with Gasteiger partial charge in [-0.3, -0.25) is 0 Å². The molecule has 18 heavy (non-hydrogen) atoms. The number of halogens is 1. The first-order chi connectivity index (χ1) is 8.43. The van der Waals surface area contributed by atoms with E-state index in [1.54, 1.807) is 13.0 Å². The summed E-state index contributed by atoms with van der Waals surface area (Å²) in [4.78, 5) is 22.4. The van der Waals surface area contributed by atoms with E-state index in [1.807, 2.05) is 19.1 Å². The normalized spacial score (nSPS) is 11.7. The summed E-state index contributed by atoms with van der Waals surface area (Å²) < 4.78 is 0.751. The van der Waals surface area contributed by atoms with Crippen molar-refractivity contribution in [2.75, 3.05) is 5.32 Å². The zero-order valence-electron chi connectivity index (χ0n) is 10.2. The summed E-state index contributed by atoms with van der Waals surface area (Å²) in [6.07, 6.45) is 0.331. The molecule has 1 rings (SSSR count). The van der Waals surface area contributed by atoms with Crippen LogP contribution in [-0.4, -0.2) is 23.1 Å². The van der Waals surface area contributed by atoms with Crippen molar-refractivity contribution < 1.29 is 14.7 Å². The number of amides is 2. The molecule has 1 atom stereocenters. The molecule has 98 valence electrons. The average molecular weight is 315 g/mol. The number of carbonyl (C=O) groups excluding carboxylic acids is 1. The Morgan fingerprint density at radius 1 is 1.44 bits per heavy atom. The van der Waals surface area contributed by atoms with E-state index < -0.39 is 18.0 Å². The number of carbonyl (C=O) groups is 2. The number of hydrogen-bond donors (Lipinski definition) is 3. The first-order valence-electron chi connectivity index (χ1n) is 5.50. The number of rotatable bonds is 4. The number of benzene rings is 1. The first kappa shape index (κ1) is 14.5. The molecule has 0 saturated carbocycles. The van der Waals surface area contributed by atoms with Crippen molar-refractivity contribution in [2.45, 2.75) is 26.3 Å². The van der Waals surface area contributed by atoms with E-state index >= 15 is 0 Å². The number of aryl methyl sites for hydroxylation is 1. The number of hydrogen-bond acceptors (Lipinski definition) is 2. The van der Waals surface area contributed by atoms with Crippen LogP contribution >= 0.6 is 15.9 Å². The van der Waals surface area contributed by atoms with Crippen LogP contribution in [0.25, 0.3) is 0 Å². The lowest BCUT2D eigenvalue weighted by Crippen LogP contribution is -2.42. The maximum absolute atomic E-state index is 11.6. The number of anilines is 1. The van der Waals surface area contributed by atoms with Crippen LogP contribution in [0.2, 0.25) is 0 Å². The second-order valence-corrected chi connectivity index (χ2v) is 4.74. The van der Waals surface area contributed by atoms with E-state index in [0.717, 1.165) is 10.0 Å². The molecule has 0 heterocycles. The standard InChI is InChI=1S/C12H15BrN2O3/c1-3-9(11(16)17)14-12(18)15-10-5-4-7(2)6-8(10)13/h4-6,9H,3H2,1-2H3,(H,16,17)(H2,14,15,18)/t9-/m0/s1. The fourth-order valence-corrected chi connectivity index (χ4v) is 1.97. The van der Waals surface area contributed by atoms with Gasteiger partial charge in [0.2, 0.25) is 0 Å². The van der Waals surface area contributed by atoms with Crippen LogP contribution in [0.15, 0.2) is 22.7 Å². The van der Waals surface area contributed by atoms with Gasteiger partial charge in [-0.15, -0.1) is 0 Å². The molecule has 0 bridgehead atoms. The summed E-state index contributed by atoms with van der Waals surface area (Å²) >= 11 is 3.33. The maximum Gasteiger partial charge on any atom is 0.326 e. The van der Waals surface area contributed by atoms with Crippen molar-refractivity contribution in [2.24, 2.45) is 0 Å². The van der Waals surface area contributed by atoms with Crippen LogP contribution in [0.3, 0.4) is 0 Å². The van der Waals surface area contributed by atoms with Gasteiger partial charge in [0, 0.05) is 4.47 Å². The highest BCUT2D eigenvalue weighted by Crippen LogP contribution is 2.23. The first-order valence-corrected chi connectivity index (χ1v) is 6.29. The minimum absolute atomic E-state index is 0.331. The molecule has 0 fully saturated rings. The molecule has 0 aliphatic rings. The van der Waals surface area contributed by atoms with Gasteiger partial charge in [-0.05, 0) is 47.0 Å². The Kier molecular flexibility index (Phi) is 5.15. The number of carboxylic acid groups (broad SMARTS) is 1. The van der Waals surface area contributed by atoms with E-state index in [9.17, 15) is 9.59 Å². The molecule has 0 radical (unpaired) electrons. The summed E-state index contributed by atoms with van der Waals surface area (Å²) in [5.74, 6) is -1.05. The highest BCUT2D eigenvalue weighted by Gasteiger charge is 2.17. The molecule has 0 aliphatic heterocycles. The fraction of sp³-hybridized carbons (Fsp3) is 0.333. The van der Waals surface area contributed by atoms with Crippen LogP contribution in [0, 0.1) is 6.92 Å². The Balaban J connectivity index is 2.67. The average Bonchev–Trinajstić information content (AvgIpc) is 2.29. The third kappa shape index (κ3) is 4.03. The molecule has 6 heteroatoms. The molecule has 1 aromatic carbocycles. The van der Waals surface area contributed by atoms with Crippen LogP contribution in [0.5, 0.6) is 0 Å². The van der Waals surface area contributed by atoms with Gasteiger partial charge in [0.1, 0.15) is 6.04 Å². The molecule has 0 unspecified atom stereocenters. The molecule has 0 aliphatic carbocycles. The lowest BCUT2D eigenvalue weighted by molar-refractivity contribution is -0.139. The number of urea groups is 1. The second kappa shape index (κ2) is 6.39. The Hall–Kier alpha value is -1.56. The quantitative estimate of drug-likeness (QED) is 0.799. The van der Waals surface area contributed by atoms with Gasteiger partial charge in [0.05, 0.1) is 5.69 Å². The van der Waals surface area contributed by atoms with Crippen molar-refractivity contribution in [1.82, 2.24) is 5.32 Å². The fourth-order valence-electron chi connectivity index (χ4n) is 1.38. The van der Waals surface area contributed by atoms with Crippen LogP contribution in [0.1, 0.15) is 18.9 Å². The monoisotopic (exact) mass is 314 g/mol. The van der Waals surface area contributed by atoms with Gasteiger partial charge in [-0.25, -0.2) is 9.59 Å². The maximum atomic E-state index is 11.6. The predicted molar refractivity (Wildman–Crippen MR) is 72.7 cm³/mol. The summed E-state index contributed by atoms with van der Waals surface area (Å²) in [7, 11) is 0. The van der Waals surface area contributed by atoms with Crippen LogP contribution in [0.4, 0.5) is 10.5 Å². The van der Waals surface area contributed by atoms with E-state index in [1.165, 1.54) is 0 Å². The lowest BCUT2D eigenvalue weighted by Gasteiger charge is -2.14. The molecule has 1 aromatic rings. The topological polar surface area (TPSA) is 78.4 Å². The summed E-state index contributed by atoms with van der Waals surface area (Å²) in [5.41, 5.74) is 1.66. The highest BCUT2D eigenvalue weighted by molar-refractivity contribution is 9.10. The van der Waals surface area contributed by atoms with Crippen molar-refractivity contribution in [3.05, 3.63) is 28.2 Å². The van der Waals surface area contributed by atoms with Crippen molar-refractivity contribution in [1.29, 1.82) is 0 Å². The van der Waals surface area contributed by atoms with Gasteiger partial charge < -0.3 is 15.7 Å². The third-order valence-electron chi connectivity index (χ3n) is 2.38. The smallest absolute Gasteiger partial charge is 0.326 e. The van der Waals surface area contributed by atoms with E-state index in [0.29, 0.717) is 12.1 Å². The number of carboxylic acids is 1. The summed E-state index contributed by atoms with van der Waals surface area (Å²) in [6.45, 7) is 3.63. The lowest BCUT2D eigenvalue weighted by atomic mass is 10.2. The Morgan fingerprint density at radius 2 is 2.11 bits per heavy atom.